The lowest BCUT2D eigenvalue weighted by atomic mass is 9.97. The van der Waals surface area contributed by atoms with Gasteiger partial charge in [-0.1, -0.05) is 6.07 Å². The highest BCUT2D eigenvalue weighted by Gasteiger charge is 2.21. The van der Waals surface area contributed by atoms with Crippen LogP contribution in [0.4, 0.5) is 0 Å². The molecule has 6 heteroatoms. The Morgan fingerprint density at radius 1 is 1.12 bits per heavy atom. The minimum atomic E-state index is 0.0227. The molecule has 1 aromatic carbocycles. The van der Waals surface area contributed by atoms with E-state index in [4.69, 9.17) is 14.5 Å². The SMILES string of the molecule is COc1ccc(-c2c(C)[nH]n3c(=O)c4c(nc23)CCCC4)cc1OC. The summed E-state index contributed by atoms with van der Waals surface area (Å²) >= 11 is 0. The standard InChI is InChI=1S/C19H21N3O3/c1-11-17(12-8-9-15(24-2)16(10-12)25-3)18-20-14-7-5-4-6-13(14)19(23)22(18)21-11/h8-10,21H,4-7H2,1-3H3. The van der Waals surface area contributed by atoms with Gasteiger partial charge in [-0.25, -0.2) is 9.50 Å². The van der Waals surface area contributed by atoms with E-state index in [1.165, 1.54) is 0 Å². The van der Waals surface area contributed by atoms with E-state index in [2.05, 4.69) is 5.10 Å². The number of rotatable bonds is 3. The van der Waals surface area contributed by atoms with Gasteiger partial charge in [0.1, 0.15) is 0 Å². The van der Waals surface area contributed by atoms with Gasteiger partial charge in [-0.2, -0.15) is 0 Å². The zero-order valence-electron chi connectivity index (χ0n) is 14.7. The lowest BCUT2D eigenvalue weighted by molar-refractivity contribution is 0.355. The summed E-state index contributed by atoms with van der Waals surface area (Å²) in [7, 11) is 3.23. The van der Waals surface area contributed by atoms with Gasteiger partial charge in [-0.15, -0.1) is 0 Å². The number of benzene rings is 1. The van der Waals surface area contributed by atoms with Crippen LogP contribution < -0.4 is 15.0 Å². The molecule has 6 nitrogen and oxygen atoms in total. The van der Waals surface area contributed by atoms with E-state index >= 15 is 0 Å². The molecule has 0 saturated carbocycles. The van der Waals surface area contributed by atoms with Crippen LogP contribution in [0.2, 0.25) is 0 Å². The number of ether oxygens (including phenoxy) is 2. The molecule has 0 bridgehead atoms. The summed E-state index contributed by atoms with van der Waals surface area (Å²) in [6, 6.07) is 5.75. The van der Waals surface area contributed by atoms with Crippen molar-refractivity contribution in [2.45, 2.75) is 32.6 Å². The number of hydrogen-bond donors (Lipinski definition) is 1. The summed E-state index contributed by atoms with van der Waals surface area (Å²) in [5, 5.41) is 3.18. The van der Waals surface area contributed by atoms with Crippen LogP contribution in [-0.2, 0) is 12.8 Å². The number of aromatic amines is 1. The van der Waals surface area contributed by atoms with Gasteiger partial charge in [0.05, 0.1) is 19.9 Å². The molecular weight excluding hydrogens is 318 g/mol. The van der Waals surface area contributed by atoms with Crippen molar-refractivity contribution in [3.63, 3.8) is 0 Å². The fourth-order valence-electron chi connectivity index (χ4n) is 3.65. The Labute approximate surface area is 145 Å². The molecule has 0 fully saturated rings. The van der Waals surface area contributed by atoms with Gasteiger partial charge in [-0.05, 0) is 50.3 Å². The molecule has 2 aromatic heterocycles. The van der Waals surface area contributed by atoms with Crippen LogP contribution >= 0.6 is 0 Å². The molecule has 0 unspecified atom stereocenters. The molecule has 0 saturated heterocycles. The zero-order valence-corrected chi connectivity index (χ0v) is 14.7. The van der Waals surface area contributed by atoms with Crippen molar-refractivity contribution >= 4 is 5.65 Å². The number of nitrogens with one attached hydrogen (secondary N) is 1. The fraction of sp³-hybridized carbons (Fsp3) is 0.368. The number of methoxy groups -OCH3 is 2. The third-order valence-electron chi connectivity index (χ3n) is 4.90. The van der Waals surface area contributed by atoms with E-state index in [0.29, 0.717) is 17.1 Å². The van der Waals surface area contributed by atoms with Crippen LogP contribution in [0.25, 0.3) is 16.8 Å². The molecule has 4 rings (SSSR count). The molecule has 3 aromatic rings. The first-order valence-electron chi connectivity index (χ1n) is 8.49. The maximum Gasteiger partial charge on any atom is 0.276 e. The summed E-state index contributed by atoms with van der Waals surface area (Å²) in [6.07, 6.45) is 3.83. The van der Waals surface area contributed by atoms with Crippen LogP contribution in [0.1, 0.15) is 29.8 Å². The van der Waals surface area contributed by atoms with E-state index in [1.54, 1.807) is 18.7 Å². The first kappa shape index (κ1) is 15.7. The fourth-order valence-corrected chi connectivity index (χ4v) is 3.65. The van der Waals surface area contributed by atoms with Crippen molar-refractivity contribution in [1.29, 1.82) is 0 Å². The van der Waals surface area contributed by atoms with E-state index < -0.39 is 0 Å². The van der Waals surface area contributed by atoms with Crippen molar-refractivity contribution in [2.24, 2.45) is 0 Å². The summed E-state index contributed by atoms with van der Waals surface area (Å²) in [5.74, 6) is 1.32. The highest BCUT2D eigenvalue weighted by atomic mass is 16.5. The third kappa shape index (κ3) is 2.40. The van der Waals surface area contributed by atoms with Crippen molar-refractivity contribution in [2.75, 3.05) is 14.2 Å². The molecule has 0 atom stereocenters. The Hall–Kier alpha value is -2.76. The maximum absolute atomic E-state index is 12.8. The second kappa shape index (κ2) is 5.95. The van der Waals surface area contributed by atoms with E-state index in [1.807, 2.05) is 25.1 Å². The summed E-state index contributed by atoms with van der Waals surface area (Å²) in [5.41, 5.74) is 5.26. The summed E-state index contributed by atoms with van der Waals surface area (Å²) in [4.78, 5) is 17.7. The van der Waals surface area contributed by atoms with Crippen molar-refractivity contribution in [1.82, 2.24) is 14.6 Å². The van der Waals surface area contributed by atoms with Gasteiger partial charge >= 0.3 is 0 Å². The van der Waals surface area contributed by atoms with Crippen molar-refractivity contribution in [3.05, 3.63) is 45.5 Å². The molecule has 1 aliphatic rings. The largest absolute Gasteiger partial charge is 0.493 e. The Morgan fingerprint density at radius 3 is 2.64 bits per heavy atom. The number of fused-ring (bicyclic) bond motifs is 2. The zero-order chi connectivity index (χ0) is 17.6. The number of aromatic nitrogens is 3. The Bertz CT molecular complexity index is 1020. The number of H-pyrrole nitrogens is 1. The van der Waals surface area contributed by atoms with Gasteiger partial charge in [-0.3, -0.25) is 9.89 Å². The molecule has 0 spiro atoms. The molecule has 0 aliphatic heterocycles. The molecule has 130 valence electrons. The first-order valence-corrected chi connectivity index (χ1v) is 8.49. The number of hydrogen-bond acceptors (Lipinski definition) is 4. The number of nitrogens with zero attached hydrogens (tertiary/aromatic N) is 2. The predicted octanol–water partition coefficient (Wildman–Crippen LogP) is 2.89. The molecule has 1 aliphatic carbocycles. The van der Waals surface area contributed by atoms with Crippen LogP contribution in [0.3, 0.4) is 0 Å². The quantitative estimate of drug-likeness (QED) is 0.797. The average Bonchev–Trinajstić information content (AvgIpc) is 2.97. The molecule has 0 radical (unpaired) electrons. The van der Waals surface area contributed by atoms with Gasteiger partial charge in [0.25, 0.3) is 5.56 Å². The highest BCUT2D eigenvalue weighted by Crippen LogP contribution is 2.35. The second-order valence-electron chi connectivity index (χ2n) is 6.39. The van der Waals surface area contributed by atoms with Gasteiger partial charge in [0.2, 0.25) is 0 Å². The summed E-state index contributed by atoms with van der Waals surface area (Å²) < 4.78 is 12.3. The van der Waals surface area contributed by atoms with Crippen molar-refractivity contribution in [3.8, 4) is 22.6 Å². The topological polar surface area (TPSA) is 68.6 Å². The predicted molar refractivity (Wildman–Crippen MR) is 95.7 cm³/mol. The van der Waals surface area contributed by atoms with Crippen LogP contribution in [0.5, 0.6) is 11.5 Å². The van der Waals surface area contributed by atoms with Crippen LogP contribution in [0, 0.1) is 6.92 Å². The van der Waals surface area contributed by atoms with Crippen molar-refractivity contribution < 1.29 is 9.47 Å². The molecule has 1 N–H and O–H groups in total. The molecule has 25 heavy (non-hydrogen) atoms. The first-order chi connectivity index (χ1) is 12.1. The van der Waals surface area contributed by atoms with Gasteiger partial charge in [0, 0.05) is 16.8 Å². The average molecular weight is 339 g/mol. The van der Waals surface area contributed by atoms with Crippen LogP contribution in [-0.4, -0.2) is 28.8 Å². The van der Waals surface area contributed by atoms with E-state index in [9.17, 15) is 4.79 Å². The Kier molecular flexibility index (Phi) is 3.75. The van der Waals surface area contributed by atoms with Gasteiger partial charge in [0.15, 0.2) is 17.1 Å². The van der Waals surface area contributed by atoms with E-state index in [-0.39, 0.29) is 5.56 Å². The van der Waals surface area contributed by atoms with Crippen LogP contribution in [0.15, 0.2) is 23.0 Å². The monoisotopic (exact) mass is 339 g/mol. The minimum absolute atomic E-state index is 0.0227. The maximum atomic E-state index is 12.8. The normalized spacial score (nSPS) is 13.7. The molecule has 2 heterocycles. The van der Waals surface area contributed by atoms with Gasteiger partial charge < -0.3 is 9.47 Å². The molecule has 0 amide bonds. The lowest BCUT2D eigenvalue weighted by Crippen LogP contribution is -2.25. The second-order valence-corrected chi connectivity index (χ2v) is 6.39. The summed E-state index contributed by atoms with van der Waals surface area (Å²) in [6.45, 7) is 1.96. The Morgan fingerprint density at radius 2 is 1.88 bits per heavy atom. The number of aryl methyl sites for hydroxylation is 2. The smallest absolute Gasteiger partial charge is 0.276 e. The third-order valence-corrected chi connectivity index (χ3v) is 4.90. The van der Waals surface area contributed by atoms with E-state index in [0.717, 1.165) is 53.8 Å². The highest BCUT2D eigenvalue weighted by molar-refractivity contribution is 5.81. The molecular formula is C19H21N3O3. The lowest BCUT2D eigenvalue weighted by Gasteiger charge is -2.14. The Balaban J connectivity index is 1.98. The minimum Gasteiger partial charge on any atom is -0.493 e.